The van der Waals surface area contributed by atoms with Gasteiger partial charge in [0.05, 0.1) is 0 Å². The third-order valence-electron chi connectivity index (χ3n) is 14.1. The van der Waals surface area contributed by atoms with E-state index in [1.54, 1.807) is 19.9 Å². The second-order valence-electron chi connectivity index (χ2n) is 16.7. The average molecular weight is 765 g/mol. The molecule has 0 amide bonds. The fourth-order valence-electron chi connectivity index (χ4n) is 11.3. The Morgan fingerprint density at radius 1 is 0.673 bits per heavy atom. The van der Waals surface area contributed by atoms with Crippen molar-refractivity contribution in [2.24, 2.45) is 35.0 Å². The smallest absolute Gasteiger partial charge is 1.00 e. The molecule has 0 saturated heterocycles. The maximum Gasteiger partial charge on any atom is -1.00 e. The summed E-state index contributed by atoms with van der Waals surface area (Å²) in [6, 6.07) is 26.5. The predicted molar refractivity (Wildman–Crippen MR) is 197 cm³/mol. The molecule has 0 heterocycles. The summed E-state index contributed by atoms with van der Waals surface area (Å²) < 4.78 is 4.05. The molecule has 10 rings (SSSR count). The quantitative estimate of drug-likeness (QED) is 0.242. The minimum atomic E-state index is -2.64. The number of benzene rings is 4. The van der Waals surface area contributed by atoms with Crippen LogP contribution in [0, 0.1) is 62.7 Å². The maximum absolute atomic E-state index is 2.85. The Labute approximate surface area is 314 Å². The van der Waals surface area contributed by atoms with Gasteiger partial charge in [0.15, 0.2) is 0 Å². The molecular weight excluding hydrogens is 715 g/mol. The number of hydrogen-bond donors (Lipinski definition) is 0. The van der Waals surface area contributed by atoms with Crippen molar-refractivity contribution in [3.63, 3.8) is 0 Å². The van der Waals surface area contributed by atoms with Crippen LogP contribution in [-0.4, -0.2) is 3.21 Å². The maximum atomic E-state index is 2.85. The first-order chi connectivity index (χ1) is 22.6. The van der Waals surface area contributed by atoms with Crippen molar-refractivity contribution < 1.29 is 46.1 Å². The van der Waals surface area contributed by atoms with E-state index in [9.17, 15) is 0 Å². The van der Waals surface area contributed by atoms with Crippen LogP contribution in [0.2, 0.25) is 0 Å². The van der Waals surface area contributed by atoms with E-state index in [1.165, 1.54) is 81.8 Å². The first-order valence-corrected chi connectivity index (χ1v) is 22.3. The van der Waals surface area contributed by atoms with Crippen molar-refractivity contribution >= 4 is 14.0 Å². The van der Waals surface area contributed by atoms with Gasteiger partial charge in [-0.3, -0.25) is 0 Å². The molecule has 4 bridgehead atoms. The van der Waals surface area contributed by atoms with E-state index in [0.717, 1.165) is 23.7 Å². The summed E-state index contributed by atoms with van der Waals surface area (Å²) in [7, 11) is 0. The first-order valence-electron chi connectivity index (χ1n) is 18.5. The van der Waals surface area contributed by atoms with Gasteiger partial charge in [-0.1, -0.05) is 0 Å². The van der Waals surface area contributed by atoms with Crippen LogP contribution in [0.3, 0.4) is 0 Å². The second-order valence-corrected chi connectivity index (χ2v) is 23.4. The van der Waals surface area contributed by atoms with E-state index in [0.29, 0.717) is 15.0 Å². The molecule has 252 valence electrons. The normalized spacial score (nSPS) is 28.0. The summed E-state index contributed by atoms with van der Waals surface area (Å²) in [6.45, 7) is 17.1. The fourth-order valence-corrected chi connectivity index (χ4v) is 20.2. The topological polar surface area (TPSA) is 0 Å². The van der Waals surface area contributed by atoms with Crippen molar-refractivity contribution in [1.29, 1.82) is 0 Å². The summed E-state index contributed by atoms with van der Waals surface area (Å²) in [5.74, 6) is 4.30. The van der Waals surface area contributed by atoms with E-state index in [1.807, 2.05) is 3.28 Å². The molecule has 6 aliphatic carbocycles. The standard InChI is InChI=1S/C17H23.C17H17.C12H10.2ClH.Zr/c1-11-3-4-14(5-11)17(2)15-7-12-6-13(9-15)10-16(17)8-12;1-10-5-14-9-15-6-11(2)13(4)8-17(15)16(14)7-12(10)3;1-2-10-7-8-11-5-3-4-6-12(11)9-10;;;/h4-5,11-13,15-16H,6-10H2,1-2H3;5-9H,1-4H3;3-9H,1H3;2*1H;/q;;;;;+2/p-2. The molecule has 0 spiro atoms. The number of allylic oxidation sites excluding steroid dienone is 4. The number of rotatable bonds is 4. The zero-order valence-corrected chi connectivity index (χ0v) is 34.2. The summed E-state index contributed by atoms with van der Waals surface area (Å²) in [4.78, 5) is 0. The van der Waals surface area contributed by atoms with Crippen LogP contribution in [0.15, 0.2) is 87.7 Å². The first kappa shape index (κ1) is 35.4. The monoisotopic (exact) mass is 762 g/mol. The third-order valence-corrected chi connectivity index (χ3v) is 22.8. The van der Waals surface area contributed by atoms with Gasteiger partial charge < -0.3 is 24.8 Å². The number of fused-ring (bicyclic) bond motifs is 4. The van der Waals surface area contributed by atoms with Crippen molar-refractivity contribution in [3.05, 3.63) is 127 Å². The van der Waals surface area contributed by atoms with Gasteiger partial charge in [0, 0.05) is 0 Å². The van der Waals surface area contributed by atoms with Crippen LogP contribution < -0.4 is 24.8 Å². The van der Waals surface area contributed by atoms with Gasteiger partial charge in [-0.25, -0.2) is 0 Å². The Bertz CT molecular complexity index is 2010. The predicted octanol–water partition coefficient (Wildman–Crippen LogP) is 5.93. The summed E-state index contributed by atoms with van der Waals surface area (Å²) >= 11 is -2.64. The minimum absolute atomic E-state index is 0. The molecule has 4 fully saturated rings. The molecule has 49 heavy (non-hydrogen) atoms. The van der Waals surface area contributed by atoms with E-state index >= 15 is 0 Å². The van der Waals surface area contributed by atoms with Gasteiger partial charge in [0.2, 0.25) is 0 Å². The largest absolute Gasteiger partial charge is 1.00 e. The van der Waals surface area contributed by atoms with Crippen LogP contribution in [-0.2, 0) is 21.3 Å². The van der Waals surface area contributed by atoms with E-state index in [2.05, 4.69) is 127 Å². The molecule has 4 aromatic carbocycles. The molecule has 0 radical (unpaired) electrons. The van der Waals surface area contributed by atoms with Crippen molar-refractivity contribution in [2.45, 2.75) is 84.2 Å². The molecule has 4 aromatic rings. The van der Waals surface area contributed by atoms with Crippen LogP contribution in [0.1, 0.15) is 95.4 Å². The molecule has 0 N–H and O–H groups in total. The molecular formula is C46H50Cl2Zr. The number of aryl methyl sites for hydroxylation is 4. The Morgan fingerprint density at radius 2 is 1.20 bits per heavy atom. The SMILES string of the molecule is C/[C](c1ccc2ccccc2c1)=[Zr+2](/[C]1=CC(C2(C)C3CC4CC(C3)CC2C4)=CC1C)[CH]1c2cc(C)c(C)cc2-c2cc(C)c(C)cc21.[Cl-].[Cl-]. The number of hydrogen-bond acceptors (Lipinski definition) is 0. The van der Waals surface area contributed by atoms with Gasteiger partial charge in [-0.05, 0) is 0 Å². The van der Waals surface area contributed by atoms with Gasteiger partial charge in [0.25, 0.3) is 0 Å². The minimum Gasteiger partial charge on any atom is -1.00 e. The molecule has 1 atom stereocenters. The molecule has 0 aliphatic heterocycles. The zero-order valence-electron chi connectivity index (χ0n) is 30.3. The average Bonchev–Trinajstić information content (AvgIpc) is 3.57. The second kappa shape index (κ2) is 12.9. The summed E-state index contributed by atoms with van der Waals surface area (Å²) in [6.07, 6.45) is 13.1. The van der Waals surface area contributed by atoms with Gasteiger partial charge >= 0.3 is 292 Å². The van der Waals surface area contributed by atoms with Crippen molar-refractivity contribution in [2.75, 3.05) is 0 Å². The van der Waals surface area contributed by atoms with Crippen LogP contribution in [0.4, 0.5) is 0 Å². The Morgan fingerprint density at radius 3 is 1.78 bits per heavy atom. The van der Waals surface area contributed by atoms with Crippen LogP contribution in [0.25, 0.3) is 21.9 Å². The van der Waals surface area contributed by atoms with Crippen LogP contribution in [0.5, 0.6) is 0 Å². The van der Waals surface area contributed by atoms with Gasteiger partial charge in [-0.15, -0.1) is 0 Å². The van der Waals surface area contributed by atoms with Gasteiger partial charge in [0.1, 0.15) is 0 Å². The fraction of sp³-hybridized carbons (Fsp3) is 0.413. The van der Waals surface area contributed by atoms with E-state index in [-0.39, 0.29) is 24.8 Å². The van der Waals surface area contributed by atoms with Crippen LogP contribution >= 0.6 is 0 Å². The summed E-state index contributed by atoms with van der Waals surface area (Å²) in [5.41, 5.74) is 15.5. The Kier molecular flexibility index (Phi) is 9.29. The molecule has 6 aliphatic rings. The molecule has 0 nitrogen and oxygen atoms in total. The van der Waals surface area contributed by atoms with Gasteiger partial charge in [-0.2, -0.15) is 0 Å². The molecule has 3 heteroatoms. The zero-order chi connectivity index (χ0) is 32.4. The molecule has 4 saturated carbocycles. The molecule has 0 aromatic heterocycles. The third kappa shape index (κ3) is 5.42. The summed E-state index contributed by atoms with van der Waals surface area (Å²) in [5, 5.41) is 2.71. The Balaban J connectivity index is 0.00000189. The Hall–Kier alpha value is -2.05. The van der Waals surface area contributed by atoms with E-state index in [4.69, 9.17) is 0 Å². The van der Waals surface area contributed by atoms with E-state index < -0.39 is 21.3 Å². The number of halogens is 2. The van der Waals surface area contributed by atoms with Crippen molar-refractivity contribution in [3.8, 4) is 11.1 Å². The molecule has 1 unspecified atom stereocenters. The van der Waals surface area contributed by atoms with Crippen molar-refractivity contribution in [1.82, 2.24) is 0 Å².